The molecule has 0 aliphatic heterocycles. The zero-order valence-corrected chi connectivity index (χ0v) is 8.03. The minimum absolute atomic E-state index is 0.0810. The van der Waals surface area contributed by atoms with E-state index in [4.69, 9.17) is 4.74 Å². The molecule has 1 fully saturated rings. The highest BCUT2D eigenvalue weighted by Gasteiger charge is 2.34. The molecule has 8 heteroatoms. The Morgan fingerprint density at radius 2 is 1.94 bits per heavy atom. The van der Waals surface area contributed by atoms with Crippen molar-refractivity contribution in [3.05, 3.63) is 32.6 Å². The second-order valence-corrected chi connectivity index (χ2v) is 3.34. The number of nitrogens with zero attached hydrogens (tertiary/aromatic N) is 3. The van der Waals surface area contributed by atoms with Gasteiger partial charge in [0, 0.05) is 0 Å². The van der Waals surface area contributed by atoms with Crippen LogP contribution < -0.4 is 4.74 Å². The van der Waals surface area contributed by atoms with Crippen LogP contribution in [-0.2, 0) is 0 Å². The van der Waals surface area contributed by atoms with E-state index in [2.05, 4.69) is 4.98 Å². The van der Waals surface area contributed by atoms with Gasteiger partial charge in [-0.25, -0.2) is 0 Å². The molecule has 0 amide bonds. The van der Waals surface area contributed by atoms with Crippen LogP contribution in [-0.4, -0.2) is 20.9 Å². The largest absolute Gasteiger partial charge is 0.482 e. The van der Waals surface area contributed by atoms with Crippen molar-refractivity contribution in [2.75, 3.05) is 0 Å². The Hall–Kier alpha value is -2.25. The average Bonchev–Trinajstić information content (AvgIpc) is 3.00. The van der Waals surface area contributed by atoms with E-state index in [0.29, 0.717) is 0 Å². The van der Waals surface area contributed by atoms with Gasteiger partial charge in [-0.3, -0.25) is 25.2 Å². The number of ether oxygens (including phenoxy) is 1. The van der Waals surface area contributed by atoms with Crippen LogP contribution in [0.5, 0.6) is 5.75 Å². The van der Waals surface area contributed by atoms with E-state index in [9.17, 15) is 20.2 Å². The molecule has 8 nitrogen and oxygen atoms in total. The molecule has 0 bridgehead atoms. The Balaban J connectivity index is 2.45. The lowest BCUT2D eigenvalue weighted by Crippen LogP contribution is -2.03. The fourth-order valence-corrected chi connectivity index (χ4v) is 1.19. The van der Waals surface area contributed by atoms with Crippen molar-refractivity contribution in [3.8, 4) is 5.75 Å². The highest BCUT2D eigenvalue weighted by molar-refractivity contribution is 5.59. The minimum atomic E-state index is -0.842. The van der Waals surface area contributed by atoms with E-state index in [1.165, 1.54) is 0 Å². The number of hydrogen-bond donors (Lipinski definition) is 0. The zero-order chi connectivity index (χ0) is 11.7. The third-order valence-corrected chi connectivity index (χ3v) is 2.06. The second-order valence-electron chi connectivity index (χ2n) is 3.34. The summed E-state index contributed by atoms with van der Waals surface area (Å²) in [6, 6.07) is 0. The first-order chi connectivity index (χ1) is 7.59. The Bertz CT molecular complexity index is 457. The maximum atomic E-state index is 10.7. The van der Waals surface area contributed by atoms with Gasteiger partial charge in [-0.1, -0.05) is 0 Å². The van der Waals surface area contributed by atoms with Crippen LogP contribution in [0.4, 0.5) is 11.4 Å². The summed E-state index contributed by atoms with van der Waals surface area (Å²) in [7, 11) is 0. The molecule has 0 atom stereocenters. The first kappa shape index (κ1) is 10.3. The van der Waals surface area contributed by atoms with Crippen LogP contribution >= 0.6 is 0 Å². The van der Waals surface area contributed by atoms with E-state index in [1.54, 1.807) is 0 Å². The maximum Gasteiger partial charge on any atom is 0.390 e. The van der Waals surface area contributed by atoms with E-state index < -0.39 is 21.2 Å². The van der Waals surface area contributed by atoms with Crippen LogP contribution in [0.25, 0.3) is 0 Å². The molecule has 1 aliphatic carbocycles. The van der Waals surface area contributed by atoms with Gasteiger partial charge in [-0.2, -0.15) is 0 Å². The van der Waals surface area contributed by atoms with Crippen molar-refractivity contribution in [1.82, 2.24) is 4.98 Å². The van der Waals surface area contributed by atoms with Crippen LogP contribution in [0, 0.1) is 20.2 Å². The van der Waals surface area contributed by atoms with Gasteiger partial charge >= 0.3 is 11.4 Å². The lowest BCUT2D eigenvalue weighted by Gasteiger charge is -2.03. The summed E-state index contributed by atoms with van der Waals surface area (Å²) in [5.41, 5.74) is -1.28. The number of pyridine rings is 1. The second kappa shape index (κ2) is 3.72. The molecular formula is C8H7N3O5. The molecule has 0 radical (unpaired) electrons. The first-order valence-corrected chi connectivity index (χ1v) is 4.53. The summed E-state index contributed by atoms with van der Waals surface area (Å²) in [5.74, 6) is -0.137. The first-order valence-electron chi connectivity index (χ1n) is 4.53. The van der Waals surface area contributed by atoms with Crippen molar-refractivity contribution in [3.63, 3.8) is 0 Å². The lowest BCUT2D eigenvalue weighted by atomic mass is 10.3. The number of nitro groups is 2. The standard InChI is InChI=1S/C8H7N3O5/c12-10(13)6-3-9-4-7(8(6)11(14)15)16-5-1-2-5/h3-5H,1-2H2. The predicted molar refractivity (Wildman–Crippen MR) is 51.2 cm³/mol. The molecule has 1 aromatic rings. The van der Waals surface area contributed by atoms with E-state index in [1.807, 2.05) is 0 Å². The Kier molecular flexibility index (Phi) is 2.39. The SMILES string of the molecule is O=[N+]([O-])c1cncc(OC2CC2)c1[N+](=O)[O-]. The van der Waals surface area contributed by atoms with Gasteiger partial charge in [0.2, 0.25) is 5.75 Å². The highest BCUT2D eigenvalue weighted by Crippen LogP contribution is 2.38. The third kappa shape index (κ3) is 1.90. The van der Waals surface area contributed by atoms with Crippen molar-refractivity contribution < 1.29 is 14.6 Å². The minimum Gasteiger partial charge on any atom is -0.482 e. The van der Waals surface area contributed by atoms with Crippen LogP contribution in [0.15, 0.2) is 12.4 Å². The fraction of sp³-hybridized carbons (Fsp3) is 0.375. The van der Waals surface area contributed by atoms with Gasteiger partial charge in [-0.05, 0) is 12.8 Å². The molecule has 0 aromatic carbocycles. The van der Waals surface area contributed by atoms with Gasteiger partial charge in [0.05, 0.1) is 22.1 Å². The van der Waals surface area contributed by atoms with Gasteiger partial charge in [-0.15, -0.1) is 0 Å². The van der Waals surface area contributed by atoms with Gasteiger partial charge in [0.1, 0.15) is 6.20 Å². The van der Waals surface area contributed by atoms with Gasteiger partial charge < -0.3 is 4.74 Å². The van der Waals surface area contributed by atoms with Crippen molar-refractivity contribution in [1.29, 1.82) is 0 Å². The van der Waals surface area contributed by atoms with E-state index in [0.717, 1.165) is 25.2 Å². The Labute approximate surface area is 89.2 Å². The summed E-state index contributed by atoms with van der Waals surface area (Å²) in [6.07, 6.45) is 3.50. The molecule has 1 saturated carbocycles. The monoisotopic (exact) mass is 225 g/mol. The van der Waals surface area contributed by atoms with Gasteiger partial charge in [0.25, 0.3) is 0 Å². The molecule has 1 aromatic heterocycles. The molecule has 0 N–H and O–H groups in total. The van der Waals surface area contributed by atoms with Crippen LogP contribution in [0.1, 0.15) is 12.8 Å². The zero-order valence-electron chi connectivity index (χ0n) is 8.03. The Morgan fingerprint density at radius 3 is 2.44 bits per heavy atom. The summed E-state index contributed by atoms with van der Waals surface area (Å²) in [4.78, 5) is 23.2. The molecule has 16 heavy (non-hydrogen) atoms. The average molecular weight is 225 g/mol. The van der Waals surface area contributed by atoms with Crippen LogP contribution in [0.2, 0.25) is 0 Å². The quantitative estimate of drug-likeness (QED) is 0.566. The van der Waals surface area contributed by atoms with Crippen molar-refractivity contribution in [2.24, 2.45) is 0 Å². The van der Waals surface area contributed by atoms with Gasteiger partial charge in [0.15, 0.2) is 0 Å². The summed E-state index contributed by atoms with van der Waals surface area (Å²) < 4.78 is 5.20. The highest BCUT2D eigenvalue weighted by atomic mass is 16.6. The van der Waals surface area contributed by atoms with E-state index in [-0.39, 0.29) is 11.9 Å². The smallest absolute Gasteiger partial charge is 0.390 e. The number of aromatic nitrogens is 1. The predicted octanol–water partition coefficient (Wildman–Crippen LogP) is 1.44. The molecule has 1 aliphatic rings. The summed E-state index contributed by atoms with van der Waals surface area (Å²) in [6.45, 7) is 0. The molecule has 0 saturated heterocycles. The molecule has 1 heterocycles. The van der Waals surface area contributed by atoms with Crippen molar-refractivity contribution >= 4 is 11.4 Å². The normalized spacial score (nSPS) is 14.5. The number of hydrogen-bond acceptors (Lipinski definition) is 6. The number of rotatable bonds is 4. The molecular weight excluding hydrogens is 218 g/mol. The molecule has 0 unspecified atom stereocenters. The van der Waals surface area contributed by atoms with E-state index >= 15 is 0 Å². The van der Waals surface area contributed by atoms with Crippen molar-refractivity contribution in [2.45, 2.75) is 18.9 Å². The molecule has 0 spiro atoms. The lowest BCUT2D eigenvalue weighted by molar-refractivity contribution is -0.423. The maximum absolute atomic E-state index is 10.7. The fourth-order valence-electron chi connectivity index (χ4n) is 1.19. The summed E-state index contributed by atoms with van der Waals surface area (Å²) in [5, 5.41) is 21.3. The third-order valence-electron chi connectivity index (χ3n) is 2.06. The topological polar surface area (TPSA) is 108 Å². The summed E-state index contributed by atoms with van der Waals surface area (Å²) >= 11 is 0. The van der Waals surface area contributed by atoms with Crippen LogP contribution in [0.3, 0.4) is 0 Å². The Morgan fingerprint density at radius 1 is 1.25 bits per heavy atom. The molecule has 84 valence electrons. The molecule has 2 rings (SSSR count).